The van der Waals surface area contributed by atoms with Gasteiger partial charge in [0.2, 0.25) is 0 Å². The molecule has 26 heavy (non-hydrogen) atoms. The minimum absolute atomic E-state index is 1.18. The summed E-state index contributed by atoms with van der Waals surface area (Å²) in [5, 5.41) is 0. The van der Waals surface area contributed by atoms with Gasteiger partial charge in [-0.15, -0.1) is 0 Å². The molecule has 4 aromatic rings. The number of hydrogen-bond donors (Lipinski definition) is 0. The molecule has 0 aliphatic heterocycles. The number of nitrogens with zero attached hydrogens (tertiary/aromatic N) is 1. The Morgan fingerprint density at radius 3 is 1.54 bits per heavy atom. The van der Waals surface area contributed by atoms with E-state index in [2.05, 4.69) is 109 Å². The summed E-state index contributed by atoms with van der Waals surface area (Å²) in [6.45, 7) is 0. The third-order valence-corrected chi connectivity index (χ3v) is 4.70. The minimum Gasteiger partial charge on any atom is -0.345 e. The van der Waals surface area contributed by atoms with Gasteiger partial charge in [-0.3, -0.25) is 0 Å². The first kappa shape index (κ1) is 16.2. The second-order valence-electron chi connectivity index (χ2n) is 6.39. The maximum absolute atomic E-state index is 2.24. The highest BCUT2D eigenvalue weighted by molar-refractivity contribution is 5.73. The van der Waals surface area contributed by atoms with E-state index >= 15 is 0 Å². The monoisotopic (exact) mass is 335 g/mol. The Hall–Kier alpha value is -3.32. The molecule has 1 heteroatoms. The highest BCUT2D eigenvalue weighted by Gasteiger charge is 2.06. The zero-order valence-electron chi connectivity index (χ0n) is 14.8. The minimum atomic E-state index is 1.18. The molecule has 0 saturated carbocycles. The Kier molecular flexibility index (Phi) is 4.53. The van der Waals surface area contributed by atoms with Crippen molar-refractivity contribution in [1.82, 2.24) is 0 Å². The molecule has 4 aromatic carbocycles. The molecule has 0 aliphatic rings. The molecule has 126 valence electrons. The van der Waals surface area contributed by atoms with E-state index in [1.165, 1.54) is 33.6 Å². The van der Waals surface area contributed by atoms with E-state index in [9.17, 15) is 0 Å². The Balaban J connectivity index is 1.61. The smallest absolute Gasteiger partial charge is 0.0414 e. The van der Waals surface area contributed by atoms with E-state index in [0.29, 0.717) is 0 Å². The molecule has 0 unspecified atom stereocenters. The first-order valence-corrected chi connectivity index (χ1v) is 8.86. The molecule has 0 bridgehead atoms. The number of anilines is 2. The Morgan fingerprint density at radius 1 is 0.423 bits per heavy atom. The van der Waals surface area contributed by atoms with E-state index in [1.54, 1.807) is 0 Å². The fraction of sp³-hybridized carbons (Fsp3) is 0.0400. The molecule has 4 rings (SSSR count). The van der Waals surface area contributed by atoms with E-state index in [0.717, 1.165) is 0 Å². The van der Waals surface area contributed by atoms with Crippen LogP contribution < -0.4 is 4.90 Å². The molecule has 0 N–H and O–H groups in total. The summed E-state index contributed by atoms with van der Waals surface area (Å²) >= 11 is 0. The maximum atomic E-state index is 2.24. The van der Waals surface area contributed by atoms with Crippen molar-refractivity contribution in [3.8, 4) is 22.3 Å². The second kappa shape index (κ2) is 7.28. The molecule has 0 saturated heterocycles. The van der Waals surface area contributed by atoms with Crippen molar-refractivity contribution >= 4 is 11.4 Å². The quantitative estimate of drug-likeness (QED) is 0.397. The topological polar surface area (TPSA) is 3.24 Å². The predicted octanol–water partition coefficient (Wildman–Crippen LogP) is 6.79. The van der Waals surface area contributed by atoms with Crippen LogP contribution in [0.5, 0.6) is 0 Å². The Labute approximate surface area is 155 Å². The van der Waals surface area contributed by atoms with Crippen molar-refractivity contribution < 1.29 is 0 Å². The zero-order chi connectivity index (χ0) is 17.8. The lowest BCUT2D eigenvalue weighted by atomic mass is 10.0. The summed E-state index contributed by atoms with van der Waals surface area (Å²) in [5.74, 6) is 0. The second-order valence-corrected chi connectivity index (χ2v) is 6.39. The summed E-state index contributed by atoms with van der Waals surface area (Å²) in [7, 11) is 2.11. The first-order valence-electron chi connectivity index (χ1n) is 8.86. The third kappa shape index (κ3) is 3.38. The molecule has 0 fully saturated rings. The van der Waals surface area contributed by atoms with Crippen LogP contribution in [-0.4, -0.2) is 7.05 Å². The number of hydrogen-bond acceptors (Lipinski definition) is 1. The van der Waals surface area contributed by atoms with Gasteiger partial charge in [-0.1, -0.05) is 84.9 Å². The van der Waals surface area contributed by atoms with Crippen LogP contribution in [0, 0.1) is 0 Å². The van der Waals surface area contributed by atoms with Crippen molar-refractivity contribution in [2.24, 2.45) is 0 Å². The fourth-order valence-electron chi connectivity index (χ4n) is 3.18. The average Bonchev–Trinajstić information content (AvgIpc) is 2.75. The van der Waals surface area contributed by atoms with Crippen molar-refractivity contribution in [2.75, 3.05) is 11.9 Å². The van der Waals surface area contributed by atoms with Gasteiger partial charge < -0.3 is 4.90 Å². The molecule has 0 atom stereocenters. The normalized spacial score (nSPS) is 10.5. The molecule has 0 aromatic heterocycles. The molecule has 0 heterocycles. The van der Waals surface area contributed by atoms with Gasteiger partial charge in [-0.05, 0) is 46.5 Å². The SMILES string of the molecule is CN(c1ccc(-c2ccccc2)cc1)c1cccc(-c2ccccc2)c1. The highest BCUT2D eigenvalue weighted by atomic mass is 15.1. The van der Waals surface area contributed by atoms with Gasteiger partial charge in [0.15, 0.2) is 0 Å². The number of benzene rings is 4. The lowest BCUT2D eigenvalue weighted by Gasteiger charge is -2.21. The largest absolute Gasteiger partial charge is 0.345 e. The maximum Gasteiger partial charge on any atom is 0.0414 e. The van der Waals surface area contributed by atoms with Crippen LogP contribution in [0.15, 0.2) is 109 Å². The molecular formula is C25H21N. The highest BCUT2D eigenvalue weighted by Crippen LogP contribution is 2.30. The lowest BCUT2D eigenvalue weighted by molar-refractivity contribution is 1.21. The number of rotatable bonds is 4. The van der Waals surface area contributed by atoms with E-state index in [-0.39, 0.29) is 0 Å². The van der Waals surface area contributed by atoms with Crippen LogP contribution in [-0.2, 0) is 0 Å². The molecule has 0 spiro atoms. The van der Waals surface area contributed by atoms with Gasteiger partial charge in [0.1, 0.15) is 0 Å². The zero-order valence-corrected chi connectivity index (χ0v) is 14.8. The summed E-state index contributed by atoms with van der Waals surface area (Å²) in [5.41, 5.74) is 7.31. The fourth-order valence-corrected chi connectivity index (χ4v) is 3.18. The summed E-state index contributed by atoms with van der Waals surface area (Å²) in [6.07, 6.45) is 0. The Bertz CT molecular complexity index is 973. The van der Waals surface area contributed by atoms with Crippen LogP contribution in [0.25, 0.3) is 22.3 Å². The van der Waals surface area contributed by atoms with Gasteiger partial charge in [0, 0.05) is 18.4 Å². The van der Waals surface area contributed by atoms with Gasteiger partial charge in [-0.2, -0.15) is 0 Å². The van der Waals surface area contributed by atoms with Gasteiger partial charge in [-0.25, -0.2) is 0 Å². The van der Waals surface area contributed by atoms with E-state index < -0.39 is 0 Å². The molecule has 0 aliphatic carbocycles. The van der Waals surface area contributed by atoms with Gasteiger partial charge in [0.25, 0.3) is 0 Å². The molecule has 1 nitrogen and oxygen atoms in total. The predicted molar refractivity (Wildman–Crippen MR) is 112 cm³/mol. The van der Waals surface area contributed by atoms with Crippen LogP contribution in [0.1, 0.15) is 0 Å². The van der Waals surface area contributed by atoms with Crippen LogP contribution in [0.3, 0.4) is 0 Å². The summed E-state index contributed by atoms with van der Waals surface area (Å²) in [6, 6.07) is 38.4. The lowest BCUT2D eigenvalue weighted by Crippen LogP contribution is -2.09. The van der Waals surface area contributed by atoms with Gasteiger partial charge >= 0.3 is 0 Å². The van der Waals surface area contributed by atoms with Crippen LogP contribution in [0.2, 0.25) is 0 Å². The average molecular weight is 335 g/mol. The van der Waals surface area contributed by atoms with Crippen LogP contribution >= 0.6 is 0 Å². The summed E-state index contributed by atoms with van der Waals surface area (Å²) < 4.78 is 0. The Morgan fingerprint density at radius 2 is 0.923 bits per heavy atom. The first-order chi connectivity index (χ1) is 12.8. The standard InChI is InChI=1S/C25H21N/c1-26(24-17-15-22(16-18-24)20-9-4-2-5-10-20)25-14-8-13-23(19-25)21-11-6-3-7-12-21/h2-19H,1H3. The van der Waals surface area contributed by atoms with Crippen LogP contribution in [0.4, 0.5) is 11.4 Å². The molecule has 0 amide bonds. The van der Waals surface area contributed by atoms with Crippen molar-refractivity contribution in [3.05, 3.63) is 109 Å². The summed E-state index contributed by atoms with van der Waals surface area (Å²) in [4.78, 5) is 2.22. The van der Waals surface area contributed by atoms with E-state index in [4.69, 9.17) is 0 Å². The van der Waals surface area contributed by atoms with Crippen molar-refractivity contribution in [3.63, 3.8) is 0 Å². The third-order valence-electron chi connectivity index (χ3n) is 4.70. The molecule has 0 radical (unpaired) electrons. The molecular weight excluding hydrogens is 314 g/mol. The van der Waals surface area contributed by atoms with Crippen molar-refractivity contribution in [1.29, 1.82) is 0 Å². The van der Waals surface area contributed by atoms with E-state index in [1.807, 2.05) is 12.1 Å². The van der Waals surface area contributed by atoms with Crippen molar-refractivity contribution in [2.45, 2.75) is 0 Å². The van der Waals surface area contributed by atoms with Gasteiger partial charge in [0.05, 0.1) is 0 Å².